The van der Waals surface area contributed by atoms with Crippen molar-refractivity contribution in [1.29, 1.82) is 0 Å². The van der Waals surface area contributed by atoms with Crippen LogP contribution in [-0.2, 0) is 20.9 Å². The molecule has 0 bridgehead atoms. The van der Waals surface area contributed by atoms with E-state index in [1.54, 1.807) is 6.92 Å². The number of carbonyl (C=O) groups is 2. The van der Waals surface area contributed by atoms with Crippen LogP contribution in [0.4, 0.5) is 0 Å². The average Bonchev–Trinajstić information content (AvgIpc) is 2.59. The van der Waals surface area contributed by atoms with Gasteiger partial charge in [-0.15, -0.1) is 0 Å². The third kappa shape index (κ3) is 4.42. The van der Waals surface area contributed by atoms with Crippen LogP contribution >= 0.6 is 0 Å². The number of rotatable bonds is 6. The van der Waals surface area contributed by atoms with Crippen molar-refractivity contribution >= 4 is 11.8 Å². The van der Waals surface area contributed by atoms with Crippen LogP contribution < -0.4 is 11.1 Å². The van der Waals surface area contributed by atoms with Gasteiger partial charge in [0.15, 0.2) is 5.78 Å². The van der Waals surface area contributed by atoms with Crippen molar-refractivity contribution in [3.05, 3.63) is 35.9 Å². The van der Waals surface area contributed by atoms with Crippen molar-refractivity contribution < 1.29 is 14.3 Å². The minimum absolute atomic E-state index is 0.00755. The molecular weight excluding hydrogens is 304 g/mol. The largest absolute Gasteiger partial charge is 0.460 e. The maximum absolute atomic E-state index is 12.6. The average molecular weight is 332 g/mol. The summed E-state index contributed by atoms with van der Waals surface area (Å²) in [6.45, 7) is 6.50. The zero-order valence-corrected chi connectivity index (χ0v) is 14.7. The van der Waals surface area contributed by atoms with E-state index in [1.165, 1.54) is 0 Å². The van der Waals surface area contributed by atoms with Gasteiger partial charge in [-0.1, -0.05) is 30.3 Å². The standard InChI is InChI=1S/C19H28N2O3/c1-13(20)17(22)16-11-15(9-10-21-16)19(2,3)18(23)24-12-14-7-5-4-6-8-14/h4-8,13,15-16,21H,9-12,20H2,1-3H3/t13-,15?,16?/m0/s1. The second-order valence-electron chi connectivity index (χ2n) is 7.20. The summed E-state index contributed by atoms with van der Waals surface area (Å²) < 4.78 is 5.52. The van der Waals surface area contributed by atoms with Gasteiger partial charge >= 0.3 is 5.97 Å². The SMILES string of the molecule is C[C@H](N)C(=O)C1CC(C(C)(C)C(=O)OCc2ccccc2)CCN1. The molecule has 132 valence electrons. The number of nitrogens with two attached hydrogens (primary N) is 1. The van der Waals surface area contributed by atoms with Crippen LogP contribution in [0.5, 0.6) is 0 Å². The highest BCUT2D eigenvalue weighted by Crippen LogP contribution is 2.36. The molecule has 0 spiro atoms. The zero-order valence-electron chi connectivity index (χ0n) is 14.7. The molecule has 1 aromatic rings. The number of esters is 1. The number of ether oxygens (including phenoxy) is 1. The Morgan fingerprint density at radius 1 is 1.33 bits per heavy atom. The summed E-state index contributed by atoms with van der Waals surface area (Å²) in [5, 5.41) is 3.22. The molecular formula is C19H28N2O3. The van der Waals surface area contributed by atoms with E-state index in [0.29, 0.717) is 13.0 Å². The Kier molecular flexibility index (Phi) is 6.13. The highest BCUT2D eigenvalue weighted by molar-refractivity contribution is 5.88. The maximum atomic E-state index is 12.6. The summed E-state index contributed by atoms with van der Waals surface area (Å²) in [4.78, 5) is 24.7. The number of ketones is 1. The van der Waals surface area contributed by atoms with Gasteiger partial charge in [0.05, 0.1) is 17.5 Å². The molecule has 3 N–H and O–H groups in total. The van der Waals surface area contributed by atoms with E-state index in [1.807, 2.05) is 44.2 Å². The van der Waals surface area contributed by atoms with E-state index < -0.39 is 11.5 Å². The molecule has 2 unspecified atom stereocenters. The van der Waals surface area contributed by atoms with E-state index in [9.17, 15) is 9.59 Å². The molecule has 0 aromatic heterocycles. The smallest absolute Gasteiger partial charge is 0.312 e. The predicted octanol–water partition coefficient (Wildman–Crippen LogP) is 2.04. The van der Waals surface area contributed by atoms with Crippen LogP contribution in [0.2, 0.25) is 0 Å². The first-order valence-electron chi connectivity index (χ1n) is 8.56. The van der Waals surface area contributed by atoms with Crippen molar-refractivity contribution in [2.24, 2.45) is 17.1 Å². The van der Waals surface area contributed by atoms with Gasteiger partial charge in [-0.25, -0.2) is 0 Å². The van der Waals surface area contributed by atoms with Gasteiger partial charge in [0.25, 0.3) is 0 Å². The molecule has 5 heteroatoms. The molecule has 1 heterocycles. The number of carbonyl (C=O) groups excluding carboxylic acids is 2. The first kappa shape index (κ1) is 18.6. The molecule has 1 saturated heterocycles. The van der Waals surface area contributed by atoms with E-state index in [0.717, 1.165) is 12.0 Å². The quantitative estimate of drug-likeness (QED) is 0.779. The van der Waals surface area contributed by atoms with E-state index >= 15 is 0 Å². The molecule has 0 saturated carbocycles. The fourth-order valence-electron chi connectivity index (χ4n) is 3.18. The Hall–Kier alpha value is -1.72. The second kappa shape index (κ2) is 7.90. The summed E-state index contributed by atoms with van der Waals surface area (Å²) in [6, 6.07) is 8.88. The lowest BCUT2D eigenvalue weighted by Gasteiger charge is -2.38. The van der Waals surface area contributed by atoms with Crippen LogP contribution in [0, 0.1) is 11.3 Å². The summed E-state index contributed by atoms with van der Waals surface area (Å²) in [6.07, 6.45) is 1.46. The number of Topliss-reactive ketones (excluding diaryl/α,β-unsaturated/α-hetero) is 1. The van der Waals surface area contributed by atoms with E-state index in [4.69, 9.17) is 10.5 Å². The molecule has 24 heavy (non-hydrogen) atoms. The molecule has 1 aliphatic rings. The number of hydrogen-bond acceptors (Lipinski definition) is 5. The van der Waals surface area contributed by atoms with Crippen LogP contribution in [0.3, 0.4) is 0 Å². The molecule has 1 aromatic carbocycles. The Balaban J connectivity index is 1.97. The number of nitrogens with one attached hydrogen (secondary N) is 1. The van der Waals surface area contributed by atoms with Crippen molar-refractivity contribution in [3.8, 4) is 0 Å². The minimum atomic E-state index is -0.632. The molecule has 0 aliphatic carbocycles. The topological polar surface area (TPSA) is 81.4 Å². The first-order chi connectivity index (χ1) is 11.3. The number of benzene rings is 1. The van der Waals surface area contributed by atoms with Crippen LogP contribution in [0.1, 0.15) is 39.2 Å². The van der Waals surface area contributed by atoms with Gasteiger partial charge in [-0.05, 0) is 51.6 Å². The third-order valence-corrected chi connectivity index (χ3v) is 4.96. The molecule has 3 atom stereocenters. The van der Waals surface area contributed by atoms with Crippen LogP contribution in [0.15, 0.2) is 30.3 Å². The zero-order chi connectivity index (χ0) is 17.7. The summed E-state index contributed by atoms with van der Waals surface area (Å²) in [5.41, 5.74) is 6.05. The lowest BCUT2D eigenvalue weighted by atomic mass is 9.71. The van der Waals surface area contributed by atoms with E-state index in [-0.39, 0.29) is 30.3 Å². The second-order valence-corrected chi connectivity index (χ2v) is 7.20. The third-order valence-electron chi connectivity index (χ3n) is 4.96. The Morgan fingerprint density at radius 2 is 2.00 bits per heavy atom. The number of piperidine rings is 1. The van der Waals surface area contributed by atoms with Gasteiger partial charge in [-0.2, -0.15) is 0 Å². The Morgan fingerprint density at radius 3 is 2.62 bits per heavy atom. The fourth-order valence-corrected chi connectivity index (χ4v) is 3.18. The lowest BCUT2D eigenvalue weighted by Crippen LogP contribution is -2.52. The Bertz CT molecular complexity index is 569. The predicted molar refractivity (Wildman–Crippen MR) is 93.2 cm³/mol. The van der Waals surface area contributed by atoms with Gasteiger partial charge in [0, 0.05) is 0 Å². The van der Waals surface area contributed by atoms with Gasteiger partial charge < -0.3 is 15.8 Å². The van der Waals surface area contributed by atoms with Crippen molar-refractivity contribution in [2.45, 2.75) is 52.3 Å². The summed E-state index contributed by atoms with van der Waals surface area (Å²) in [5.74, 6) is -0.117. The summed E-state index contributed by atoms with van der Waals surface area (Å²) in [7, 11) is 0. The van der Waals surface area contributed by atoms with Crippen molar-refractivity contribution in [3.63, 3.8) is 0 Å². The molecule has 5 nitrogen and oxygen atoms in total. The van der Waals surface area contributed by atoms with Crippen LogP contribution in [-0.4, -0.2) is 30.4 Å². The van der Waals surface area contributed by atoms with Crippen molar-refractivity contribution in [2.75, 3.05) is 6.54 Å². The normalized spacial score (nSPS) is 22.7. The number of hydrogen-bond donors (Lipinski definition) is 2. The van der Waals surface area contributed by atoms with E-state index in [2.05, 4.69) is 5.32 Å². The monoisotopic (exact) mass is 332 g/mol. The molecule has 0 radical (unpaired) electrons. The molecule has 1 aliphatic heterocycles. The van der Waals surface area contributed by atoms with Crippen LogP contribution in [0.25, 0.3) is 0 Å². The van der Waals surface area contributed by atoms with Gasteiger partial charge in [-0.3, -0.25) is 9.59 Å². The molecule has 0 amide bonds. The molecule has 1 fully saturated rings. The van der Waals surface area contributed by atoms with Gasteiger partial charge in [0.1, 0.15) is 6.61 Å². The fraction of sp³-hybridized carbons (Fsp3) is 0.579. The highest BCUT2D eigenvalue weighted by atomic mass is 16.5. The summed E-state index contributed by atoms with van der Waals surface area (Å²) >= 11 is 0. The highest BCUT2D eigenvalue weighted by Gasteiger charge is 2.42. The first-order valence-corrected chi connectivity index (χ1v) is 8.56. The minimum Gasteiger partial charge on any atom is -0.460 e. The Labute approximate surface area is 143 Å². The lowest BCUT2D eigenvalue weighted by molar-refractivity contribution is -0.160. The van der Waals surface area contributed by atoms with Crippen molar-refractivity contribution in [1.82, 2.24) is 5.32 Å². The maximum Gasteiger partial charge on any atom is 0.312 e. The molecule has 2 rings (SSSR count). The van der Waals surface area contributed by atoms with Gasteiger partial charge in [0.2, 0.25) is 0 Å².